The van der Waals surface area contributed by atoms with Gasteiger partial charge in [0.1, 0.15) is 0 Å². The molecule has 0 saturated heterocycles. The molecule has 0 aromatic rings. The quantitative estimate of drug-likeness (QED) is 0.611. The Morgan fingerprint density at radius 1 is 1.21 bits per heavy atom. The summed E-state index contributed by atoms with van der Waals surface area (Å²) in [6.45, 7) is 4.71. The van der Waals surface area contributed by atoms with E-state index in [-0.39, 0.29) is 0 Å². The Labute approximate surface area is 87.4 Å². The van der Waals surface area contributed by atoms with Gasteiger partial charge >= 0.3 is 0 Å². The molecule has 76 valence electrons. The van der Waals surface area contributed by atoms with E-state index in [2.05, 4.69) is 44.2 Å². The van der Waals surface area contributed by atoms with Gasteiger partial charge in [0.05, 0.1) is 0 Å². The van der Waals surface area contributed by atoms with Gasteiger partial charge in [0.15, 0.2) is 0 Å². The van der Waals surface area contributed by atoms with Crippen LogP contribution < -0.4 is 0 Å². The van der Waals surface area contributed by atoms with Crippen molar-refractivity contribution in [2.75, 3.05) is 0 Å². The fraction of sp³-hybridized carbons (Fsp3) is 0.571. The van der Waals surface area contributed by atoms with Crippen molar-refractivity contribution in [3.8, 4) is 0 Å². The summed E-state index contributed by atoms with van der Waals surface area (Å²) < 4.78 is 0. The Morgan fingerprint density at radius 3 is 2.50 bits per heavy atom. The van der Waals surface area contributed by atoms with E-state index < -0.39 is 0 Å². The van der Waals surface area contributed by atoms with Gasteiger partial charge in [0, 0.05) is 0 Å². The summed E-state index contributed by atoms with van der Waals surface area (Å²) in [6, 6.07) is 0. The van der Waals surface area contributed by atoms with Gasteiger partial charge in [-0.3, -0.25) is 0 Å². The van der Waals surface area contributed by atoms with Crippen molar-refractivity contribution >= 4 is 0 Å². The molecule has 0 heteroatoms. The molecule has 0 radical (unpaired) electrons. The largest absolute Gasteiger partial charge is 0.0741 e. The number of hydrogen-bond acceptors (Lipinski definition) is 0. The van der Waals surface area contributed by atoms with Gasteiger partial charge in [0.25, 0.3) is 0 Å². The van der Waals surface area contributed by atoms with Crippen LogP contribution in [0.4, 0.5) is 0 Å². The van der Waals surface area contributed by atoms with Crippen molar-refractivity contribution < 1.29 is 0 Å². The second-order valence-electron chi connectivity index (χ2n) is 4.96. The van der Waals surface area contributed by atoms with Crippen LogP contribution in [0.25, 0.3) is 0 Å². The van der Waals surface area contributed by atoms with Crippen molar-refractivity contribution in [1.29, 1.82) is 0 Å². The molecule has 0 spiro atoms. The highest BCUT2D eigenvalue weighted by Crippen LogP contribution is 2.37. The van der Waals surface area contributed by atoms with Crippen molar-refractivity contribution in [2.45, 2.75) is 33.1 Å². The second-order valence-corrected chi connectivity index (χ2v) is 4.96. The molecule has 2 aliphatic rings. The summed E-state index contributed by atoms with van der Waals surface area (Å²) in [5.41, 5.74) is 1.42. The number of hydrogen-bond donors (Lipinski definition) is 0. The lowest BCUT2D eigenvalue weighted by molar-refractivity contribution is 0.389. The minimum absolute atomic E-state index is 0.838. The van der Waals surface area contributed by atoms with Crippen LogP contribution in [0.15, 0.2) is 36.0 Å². The molecule has 0 nitrogen and oxygen atoms in total. The fourth-order valence-corrected chi connectivity index (χ4v) is 2.58. The third-order valence-corrected chi connectivity index (χ3v) is 3.57. The van der Waals surface area contributed by atoms with E-state index in [4.69, 9.17) is 0 Å². The molecule has 14 heavy (non-hydrogen) atoms. The lowest BCUT2D eigenvalue weighted by Crippen LogP contribution is -2.03. The molecule has 2 aliphatic carbocycles. The first kappa shape index (κ1) is 9.76. The van der Waals surface area contributed by atoms with Crippen LogP contribution in [0.1, 0.15) is 33.1 Å². The van der Waals surface area contributed by atoms with E-state index in [1.807, 2.05) is 0 Å². The molecule has 0 aromatic heterocycles. The lowest BCUT2D eigenvalue weighted by atomic mass is 9.93. The Balaban J connectivity index is 1.93. The maximum Gasteiger partial charge on any atom is -0.0222 e. The zero-order valence-corrected chi connectivity index (χ0v) is 9.24. The van der Waals surface area contributed by atoms with E-state index >= 15 is 0 Å². The molecule has 2 rings (SSSR count). The molecule has 0 aromatic carbocycles. The molecule has 0 aliphatic heterocycles. The predicted octanol–water partition coefficient (Wildman–Crippen LogP) is 4.11. The van der Waals surface area contributed by atoms with Crippen LogP contribution in [0, 0.1) is 17.8 Å². The summed E-state index contributed by atoms with van der Waals surface area (Å²) in [7, 11) is 0. The zero-order valence-electron chi connectivity index (χ0n) is 9.24. The molecular weight excluding hydrogens is 168 g/mol. The first-order valence-electron chi connectivity index (χ1n) is 5.82. The van der Waals surface area contributed by atoms with Crippen LogP contribution in [0.5, 0.6) is 0 Å². The van der Waals surface area contributed by atoms with Crippen LogP contribution in [0.2, 0.25) is 0 Å². The molecule has 0 amide bonds. The second kappa shape index (κ2) is 4.16. The van der Waals surface area contributed by atoms with E-state index in [0.717, 1.165) is 17.8 Å². The molecule has 2 unspecified atom stereocenters. The average Bonchev–Trinajstić information content (AvgIpc) is 2.75. The first-order chi connectivity index (χ1) is 6.75. The van der Waals surface area contributed by atoms with E-state index in [9.17, 15) is 0 Å². The molecule has 2 atom stereocenters. The maximum atomic E-state index is 2.46. The van der Waals surface area contributed by atoms with Gasteiger partial charge in [-0.1, -0.05) is 44.2 Å². The molecule has 1 saturated carbocycles. The third kappa shape index (κ3) is 2.17. The summed E-state index contributed by atoms with van der Waals surface area (Å²) in [4.78, 5) is 0. The standard InChI is InChI=1S/C14H20/c1-11(2)14-8-7-13(10-14)9-12-5-3-4-6-12/h3-6,9,11,13-14H,7-8,10H2,1-2H3. The Bertz CT molecular complexity index is 264. The third-order valence-electron chi connectivity index (χ3n) is 3.57. The van der Waals surface area contributed by atoms with Gasteiger partial charge in [-0.05, 0) is 42.6 Å². The normalized spacial score (nSPS) is 30.6. The summed E-state index contributed by atoms with van der Waals surface area (Å²) in [5, 5.41) is 0. The van der Waals surface area contributed by atoms with Crippen molar-refractivity contribution in [1.82, 2.24) is 0 Å². The Kier molecular flexibility index (Phi) is 2.90. The Hall–Kier alpha value is -0.780. The van der Waals surface area contributed by atoms with Crippen molar-refractivity contribution in [3.05, 3.63) is 36.0 Å². The fourth-order valence-electron chi connectivity index (χ4n) is 2.58. The summed E-state index contributed by atoms with van der Waals surface area (Å²) in [6.07, 6.45) is 15.4. The van der Waals surface area contributed by atoms with Crippen LogP contribution in [0.3, 0.4) is 0 Å². The molecule has 0 N–H and O–H groups in total. The van der Waals surface area contributed by atoms with E-state index in [0.29, 0.717) is 0 Å². The highest BCUT2D eigenvalue weighted by atomic mass is 14.3. The number of rotatable bonds is 2. The van der Waals surface area contributed by atoms with Gasteiger partial charge in [-0.25, -0.2) is 0 Å². The molecule has 1 fully saturated rings. The minimum atomic E-state index is 0.838. The zero-order chi connectivity index (χ0) is 9.97. The van der Waals surface area contributed by atoms with E-state index in [1.165, 1.54) is 24.8 Å². The molecular formula is C14H20. The Morgan fingerprint density at radius 2 is 1.93 bits per heavy atom. The van der Waals surface area contributed by atoms with Gasteiger partial charge < -0.3 is 0 Å². The van der Waals surface area contributed by atoms with Gasteiger partial charge in [-0.15, -0.1) is 0 Å². The monoisotopic (exact) mass is 188 g/mol. The highest BCUT2D eigenvalue weighted by Gasteiger charge is 2.25. The number of allylic oxidation sites excluding steroid dienone is 6. The first-order valence-corrected chi connectivity index (χ1v) is 5.82. The smallest absolute Gasteiger partial charge is 0.0222 e. The van der Waals surface area contributed by atoms with Crippen LogP contribution >= 0.6 is 0 Å². The highest BCUT2D eigenvalue weighted by molar-refractivity contribution is 5.40. The predicted molar refractivity (Wildman–Crippen MR) is 62.0 cm³/mol. The van der Waals surface area contributed by atoms with Gasteiger partial charge in [0.2, 0.25) is 0 Å². The SMILES string of the molecule is CC(C)C1CCC(C=C2C=CC=C2)C1. The van der Waals surface area contributed by atoms with Crippen molar-refractivity contribution in [3.63, 3.8) is 0 Å². The minimum Gasteiger partial charge on any atom is -0.0741 e. The van der Waals surface area contributed by atoms with E-state index in [1.54, 1.807) is 0 Å². The molecule has 0 bridgehead atoms. The maximum absolute atomic E-state index is 2.46. The molecule has 0 heterocycles. The van der Waals surface area contributed by atoms with Gasteiger partial charge in [-0.2, -0.15) is 0 Å². The topological polar surface area (TPSA) is 0 Å². The average molecular weight is 188 g/mol. The lowest BCUT2D eigenvalue weighted by Gasteiger charge is -2.13. The van der Waals surface area contributed by atoms with Crippen LogP contribution in [-0.2, 0) is 0 Å². The summed E-state index contributed by atoms with van der Waals surface area (Å²) >= 11 is 0. The van der Waals surface area contributed by atoms with Crippen molar-refractivity contribution in [2.24, 2.45) is 17.8 Å². The summed E-state index contributed by atoms with van der Waals surface area (Å²) in [5.74, 6) is 2.67. The van der Waals surface area contributed by atoms with Crippen LogP contribution in [-0.4, -0.2) is 0 Å².